The Bertz CT molecular complexity index is 507. The molecule has 0 spiro atoms. The van der Waals surface area contributed by atoms with Crippen molar-refractivity contribution >= 4 is 5.91 Å². The smallest absolute Gasteiger partial charge is 0.219 e. The third-order valence-electron chi connectivity index (χ3n) is 2.55. The molecule has 0 radical (unpaired) electrons. The average Bonchev–Trinajstić information content (AvgIpc) is 2.88. The van der Waals surface area contributed by atoms with Gasteiger partial charge in [-0.2, -0.15) is 5.10 Å². The molecule has 2 aromatic heterocycles. The summed E-state index contributed by atoms with van der Waals surface area (Å²) in [6.45, 7) is 3.09. The minimum atomic E-state index is 0.0621. The van der Waals surface area contributed by atoms with Gasteiger partial charge in [0.1, 0.15) is 5.69 Å². The Labute approximate surface area is 106 Å². The van der Waals surface area contributed by atoms with Crippen molar-refractivity contribution in [1.82, 2.24) is 20.1 Å². The van der Waals surface area contributed by atoms with Gasteiger partial charge in [0.25, 0.3) is 0 Å². The van der Waals surface area contributed by atoms with Crippen LogP contribution < -0.4 is 5.32 Å². The van der Waals surface area contributed by atoms with Gasteiger partial charge in [-0.05, 0) is 18.2 Å². The van der Waals surface area contributed by atoms with E-state index < -0.39 is 0 Å². The number of nitrogens with zero attached hydrogens (tertiary/aromatic N) is 3. The minimum absolute atomic E-state index is 0.0621. The van der Waals surface area contributed by atoms with E-state index in [1.54, 1.807) is 10.9 Å². The second-order valence-electron chi connectivity index (χ2n) is 3.88. The first-order chi connectivity index (χ1) is 8.79. The van der Waals surface area contributed by atoms with Crippen LogP contribution in [0.4, 0.5) is 0 Å². The summed E-state index contributed by atoms with van der Waals surface area (Å²) in [5, 5.41) is 7.22. The maximum Gasteiger partial charge on any atom is 0.219 e. The minimum Gasteiger partial charge on any atom is -0.354 e. The lowest BCUT2D eigenvalue weighted by Gasteiger charge is -2.03. The van der Waals surface area contributed by atoms with Gasteiger partial charge in [-0.25, -0.2) is 0 Å². The molecular weight excluding hydrogens is 228 g/mol. The molecule has 2 aromatic rings. The fraction of sp³-hybridized carbons (Fsp3) is 0.308. The number of nitrogens with one attached hydrogen (secondary N) is 1. The predicted octanol–water partition coefficient (Wildman–Crippen LogP) is 1.47. The molecule has 18 heavy (non-hydrogen) atoms. The van der Waals surface area contributed by atoms with Crippen LogP contribution in [0.15, 0.2) is 36.7 Å². The van der Waals surface area contributed by atoms with Crippen molar-refractivity contribution in [2.75, 3.05) is 6.54 Å². The molecular formula is C13H16N4O. The molecule has 2 heterocycles. The lowest BCUT2D eigenvalue weighted by Crippen LogP contribution is -2.26. The molecule has 0 aromatic carbocycles. The van der Waals surface area contributed by atoms with Gasteiger partial charge < -0.3 is 5.32 Å². The van der Waals surface area contributed by atoms with Crippen molar-refractivity contribution < 1.29 is 4.79 Å². The zero-order valence-corrected chi connectivity index (χ0v) is 10.3. The van der Waals surface area contributed by atoms with Crippen LogP contribution in [0.2, 0.25) is 0 Å². The van der Waals surface area contributed by atoms with Crippen LogP contribution >= 0.6 is 0 Å². The first-order valence-electron chi connectivity index (χ1n) is 6.01. The fourth-order valence-corrected chi connectivity index (χ4v) is 1.57. The summed E-state index contributed by atoms with van der Waals surface area (Å²) in [5.41, 5.74) is 1.70. The van der Waals surface area contributed by atoms with Crippen LogP contribution in [0, 0.1) is 0 Å². The summed E-state index contributed by atoms with van der Waals surface area (Å²) in [6, 6.07) is 7.65. The monoisotopic (exact) mass is 244 g/mol. The second-order valence-corrected chi connectivity index (χ2v) is 3.88. The van der Waals surface area contributed by atoms with E-state index in [4.69, 9.17) is 0 Å². The Balaban J connectivity index is 1.93. The zero-order chi connectivity index (χ0) is 12.8. The Hall–Kier alpha value is -2.17. The Morgan fingerprint density at radius 2 is 2.22 bits per heavy atom. The van der Waals surface area contributed by atoms with Crippen molar-refractivity contribution in [2.45, 2.75) is 19.9 Å². The molecule has 1 amide bonds. The molecule has 0 unspecified atom stereocenters. The van der Waals surface area contributed by atoms with E-state index in [2.05, 4.69) is 15.4 Å². The summed E-state index contributed by atoms with van der Waals surface area (Å²) in [4.78, 5) is 15.3. The lowest BCUT2D eigenvalue weighted by atomic mass is 10.3. The fourth-order valence-electron chi connectivity index (χ4n) is 1.57. The van der Waals surface area contributed by atoms with Crippen LogP contribution in [0.3, 0.4) is 0 Å². The Morgan fingerprint density at radius 1 is 1.33 bits per heavy atom. The summed E-state index contributed by atoms with van der Waals surface area (Å²) in [6.07, 6.45) is 4.15. The van der Waals surface area contributed by atoms with E-state index in [0.717, 1.165) is 11.4 Å². The van der Waals surface area contributed by atoms with E-state index >= 15 is 0 Å². The highest BCUT2D eigenvalue weighted by Gasteiger charge is 2.03. The largest absolute Gasteiger partial charge is 0.354 e. The summed E-state index contributed by atoms with van der Waals surface area (Å²) >= 11 is 0. The van der Waals surface area contributed by atoms with Crippen molar-refractivity contribution in [3.63, 3.8) is 0 Å². The normalized spacial score (nSPS) is 10.3. The van der Waals surface area contributed by atoms with E-state index in [1.165, 1.54) is 0 Å². The molecule has 0 bridgehead atoms. The van der Waals surface area contributed by atoms with Crippen LogP contribution in [0.5, 0.6) is 0 Å². The van der Waals surface area contributed by atoms with Gasteiger partial charge in [-0.15, -0.1) is 0 Å². The van der Waals surface area contributed by atoms with Gasteiger partial charge in [0.15, 0.2) is 0 Å². The predicted molar refractivity (Wildman–Crippen MR) is 68.8 cm³/mol. The number of rotatable bonds is 5. The molecule has 0 atom stereocenters. The molecule has 5 heteroatoms. The first kappa shape index (κ1) is 12.3. The third kappa shape index (κ3) is 3.16. The third-order valence-corrected chi connectivity index (χ3v) is 2.55. The summed E-state index contributed by atoms with van der Waals surface area (Å²) in [7, 11) is 0. The SMILES string of the molecule is CCC(=O)NCCn1ccc(-c2ccccn2)n1. The van der Waals surface area contributed by atoms with Crippen LogP contribution in [-0.4, -0.2) is 27.2 Å². The Kier molecular flexibility index (Phi) is 4.06. The molecule has 2 rings (SSSR count). The van der Waals surface area contributed by atoms with Gasteiger partial charge >= 0.3 is 0 Å². The van der Waals surface area contributed by atoms with Gasteiger partial charge in [0.2, 0.25) is 5.91 Å². The maximum atomic E-state index is 11.1. The van der Waals surface area contributed by atoms with Gasteiger partial charge in [-0.1, -0.05) is 13.0 Å². The Morgan fingerprint density at radius 3 is 2.94 bits per heavy atom. The van der Waals surface area contributed by atoms with E-state index in [1.807, 2.05) is 37.4 Å². The zero-order valence-electron chi connectivity index (χ0n) is 10.3. The highest BCUT2D eigenvalue weighted by Crippen LogP contribution is 2.12. The maximum absolute atomic E-state index is 11.1. The van der Waals surface area contributed by atoms with Crippen LogP contribution in [0.1, 0.15) is 13.3 Å². The molecule has 94 valence electrons. The quantitative estimate of drug-likeness (QED) is 0.866. The van der Waals surface area contributed by atoms with Crippen molar-refractivity contribution in [2.24, 2.45) is 0 Å². The number of hydrogen-bond acceptors (Lipinski definition) is 3. The first-order valence-corrected chi connectivity index (χ1v) is 6.01. The number of carbonyl (C=O) groups excluding carboxylic acids is 1. The topological polar surface area (TPSA) is 59.8 Å². The average molecular weight is 244 g/mol. The van der Waals surface area contributed by atoms with Crippen LogP contribution in [-0.2, 0) is 11.3 Å². The van der Waals surface area contributed by atoms with Crippen LogP contribution in [0.25, 0.3) is 11.4 Å². The molecule has 0 saturated heterocycles. The van der Waals surface area contributed by atoms with Gasteiger partial charge in [0, 0.05) is 25.4 Å². The van der Waals surface area contributed by atoms with Crippen molar-refractivity contribution in [3.8, 4) is 11.4 Å². The molecule has 0 aliphatic carbocycles. The second kappa shape index (κ2) is 5.95. The molecule has 1 N–H and O–H groups in total. The highest BCUT2D eigenvalue weighted by atomic mass is 16.1. The number of amides is 1. The molecule has 0 fully saturated rings. The van der Waals surface area contributed by atoms with E-state index in [-0.39, 0.29) is 5.91 Å². The van der Waals surface area contributed by atoms with E-state index in [0.29, 0.717) is 19.5 Å². The molecule has 0 aliphatic heterocycles. The standard InChI is InChI=1S/C13H16N4O/c1-2-13(18)15-8-10-17-9-6-12(16-17)11-5-3-4-7-14-11/h3-7,9H,2,8,10H2,1H3,(H,15,18). The number of carbonyl (C=O) groups is 1. The number of hydrogen-bond donors (Lipinski definition) is 1. The number of pyridine rings is 1. The summed E-state index contributed by atoms with van der Waals surface area (Å²) < 4.78 is 1.81. The van der Waals surface area contributed by atoms with E-state index in [9.17, 15) is 4.79 Å². The molecule has 0 saturated carbocycles. The van der Waals surface area contributed by atoms with Crippen molar-refractivity contribution in [3.05, 3.63) is 36.7 Å². The lowest BCUT2D eigenvalue weighted by molar-refractivity contribution is -0.120. The van der Waals surface area contributed by atoms with Crippen molar-refractivity contribution in [1.29, 1.82) is 0 Å². The van der Waals surface area contributed by atoms with Gasteiger partial charge in [0.05, 0.1) is 12.2 Å². The highest BCUT2D eigenvalue weighted by molar-refractivity contribution is 5.75. The summed E-state index contributed by atoms with van der Waals surface area (Å²) in [5.74, 6) is 0.0621. The molecule has 5 nitrogen and oxygen atoms in total. The number of aromatic nitrogens is 3. The van der Waals surface area contributed by atoms with Gasteiger partial charge in [-0.3, -0.25) is 14.5 Å². The molecule has 0 aliphatic rings.